The van der Waals surface area contributed by atoms with Crippen LogP contribution in [0.25, 0.3) is 0 Å². The normalized spacial score (nSPS) is 19.4. The fourth-order valence-electron chi connectivity index (χ4n) is 1.97. The lowest BCUT2D eigenvalue weighted by molar-refractivity contribution is 0.0159. The molecule has 0 radical (unpaired) electrons. The Kier molecular flexibility index (Phi) is 2.97. The molecule has 0 spiro atoms. The van der Waals surface area contributed by atoms with Crippen molar-refractivity contribution in [3.05, 3.63) is 35.4 Å². The number of carbonyl (C=O) groups excluding carboxylic acids is 1. The number of amides is 1. The Bertz CT molecular complexity index is 401. The van der Waals surface area contributed by atoms with E-state index in [-0.39, 0.29) is 5.91 Å². The summed E-state index contributed by atoms with van der Waals surface area (Å²) < 4.78 is 0. The Morgan fingerprint density at radius 2 is 2.06 bits per heavy atom. The summed E-state index contributed by atoms with van der Waals surface area (Å²) in [6.45, 7) is 4.84. The molecule has 1 N–H and O–H groups in total. The summed E-state index contributed by atoms with van der Waals surface area (Å²) in [5.41, 5.74) is 1.37. The highest BCUT2D eigenvalue weighted by molar-refractivity contribution is 5.98. The van der Waals surface area contributed by atoms with Crippen LogP contribution in [0.4, 0.5) is 0 Å². The standard InChI is InChI=1S/C13H17NO2/c1-9(2)7-8-14-12(15)10-5-3-4-6-11(10)13(14)16/h3-6,9,12,15H,7-8H2,1-2H3. The summed E-state index contributed by atoms with van der Waals surface area (Å²) in [5, 5.41) is 10.0. The van der Waals surface area contributed by atoms with Crippen molar-refractivity contribution in [1.29, 1.82) is 0 Å². The van der Waals surface area contributed by atoms with Gasteiger partial charge in [0.2, 0.25) is 0 Å². The summed E-state index contributed by atoms with van der Waals surface area (Å²) >= 11 is 0. The predicted molar refractivity (Wildman–Crippen MR) is 61.9 cm³/mol. The molecule has 1 aliphatic heterocycles. The molecule has 3 nitrogen and oxygen atoms in total. The Hall–Kier alpha value is -1.35. The molecule has 0 bridgehead atoms. The SMILES string of the molecule is CC(C)CCN1C(=O)c2ccccc2C1O. The van der Waals surface area contributed by atoms with E-state index < -0.39 is 6.23 Å². The zero-order chi connectivity index (χ0) is 11.7. The topological polar surface area (TPSA) is 40.5 Å². The van der Waals surface area contributed by atoms with Crippen molar-refractivity contribution in [3.63, 3.8) is 0 Å². The lowest BCUT2D eigenvalue weighted by Gasteiger charge is -2.21. The van der Waals surface area contributed by atoms with Crippen molar-refractivity contribution in [3.8, 4) is 0 Å². The van der Waals surface area contributed by atoms with E-state index in [4.69, 9.17) is 0 Å². The Morgan fingerprint density at radius 3 is 2.69 bits per heavy atom. The third-order valence-corrected chi connectivity index (χ3v) is 2.97. The monoisotopic (exact) mass is 219 g/mol. The molecule has 0 aliphatic carbocycles. The summed E-state index contributed by atoms with van der Waals surface area (Å²) in [5.74, 6) is 0.479. The van der Waals surface area contributed by atoms with Crippen LogP contribution in [0.5, 0.6) is 0 Å². The van der Waals surface area contributed by atoms with Gasteiger partial charge < -0.3 is 10.0 Å². The first-order chi connectivity index (χ1) is 7.61. The minimum atomic E-state index is -0.762. The van der Waals surface area contributed by atoms with Gasteiger partial charge in [0.25, 0.3) is 5.91 Å². The van der Waals surface area contributed by atoms with Crippen LogP contribution in [0.2, 0.25) is 0 Å². The molecule has 16 heavy (non-hydrogen) atoms. The molecule has 1 aromatic rings. The average molecular weight is 219 g/mol. The second-order valence-corrected chi connectivity index (χ2v) is 4.64. The van der Waals surface area contributed by atoms with Gasteiger partial charge in [-0.2, -0.15) is 0 Å². The maximum Gasteiger partial charge on any atom is 0.256 e. The zero-order valence-corrected chi connectivity index (χ0v) is 9.68. The molecule has 1 aliphatic rings. The van der Waals surface area contributed by atoms with Crippen molar-refractivity contribution in [2.24, 2.45) is 5.92 Å². The van der Waals surface area contributed by atoms with Gasteiger partial charge in [0, 0.05) is 17.7 Å². The Balaban J connectivity index is 2.18. The van der Waals surface area contributed by atoms with Gasteiger partial charge in [-0.25, -0.2) is 0 Å². The summed E-state index contributed by atoms with van der Waals surface area (Å²) in [6.07, 6.45) is 0.152. The number of fused-ring (bicyclic) bond motifs is 1. The molecule has 1 atom stereocenters. The van der Waals surface area contributed by atoms with Crippen LogP contribution in [-0.2, 0) is 0 Å². The molecule has 0 aromatic heterocycles. The van der Waals surface area contributed by atoms with Crippen molar-refractivity contribution in [2.45, 2.75) is 26.5 Å². The van der Waals surface area contributed by atoms with Crippen molar-refractivity contribution >= 4 is 5.91 Å². The van der Waals surface area contributed by atoms with Crippen LogP contribution >= 0.6 is 0 Å². The van der Waals surface area contributed by atoms with E-state index in [1.54, 1.807) is 11.0 Å². The maximum absolute atomic E-state index is 12.0. The van der Waals surface area contributed by atoms with Gasteiger partial charge in [-0.1, -0.05) is 32.0 Å². The number of hydrogen-bond donors (Lipinski definition) is 1. The van der Waals surface area contributed by atoms with Crippen LogP contribution < -0.4 is 0 Å². The van der Waals surface area contributed by atoms with E-state index >= 15 is 0 Å². The molecule has 1 unspecified atom stereocenters. The summed E-state index contributed by atoms with van der Waals surface area (Å²) in [6, 6.07) is 7.26. The number of carbonyl (C=O) groups is 1. The summed E-state index contributed by atoms with van der Waals surface area (Å²) in [4.78, 5) is 13.5. The molecule has 0 fully saturated rings. The second-order valence-electron chi connectivity index (χ2n) is 4.64. The van der Waals surface area contributed by atoms with Gasteiger partial charge in [-0.3, -0.25) is 4.79 Å². The zero-order valence-electron chi connectivity index (χ0n) is 9.68. The molecule has 3 heteroatoms. The van der Waals surface area contributed by atoms with Gasteiger partial charge in [0.15, 0.2) is 6.23 Å². The van der Waals surface area contributed by atoms with E-state index in [2.05, 4.69) is 13.8 Å². The number of benzene rings is 1. The maximum atomic E-state index is 12.0. The first-order valence-corrected chi connectivity index (χ1v) is 5.69. The van der Waals surface area contributed by atoms with Crippen molar-refractivity contribution in [1.82, 2.24) is 4.90 Å². The number of hydrogen-bond acceptors (Lipinski definition) is 2. The molecule has 0 saturated heterocycles. The van der Waals surface area contributed by atoms with Crippen LogP contribution in [0.3, 0.4) is 0 Å². The van der Waals surface area contributed by atoms with Crippen LogP contribution in [0.1, 0.15) is 42.4 Å². The first kappa shape index (κ1) is 11.1. The minimum Gasteiger partial charge on any atom is -0.369 e. The van der Waals surface area contributed by atoms with Crippen molar-refractivity contribution < 1.29 is 9.90 Å². The number of aliphatic hydroxyl groups excluding tert-OH is 1. The average Bonchev–Trinajstić information content (AvgIpc) is 2.50. The minimum absolute atomic E-state index is 0.0521. The van der Waals surface area contributed by atoms with Crippen LogP contribution in [0, 0.1) is 5.92 Å². The molecule has 86 valence electrons. The van der Waals surface area contributed by atoms with Gasteiger partial charge >= 0.3 is 0 Å². The highest BCUT2D eigenvalue weighted by Gasteiger charge is 2.34. The van der Waals surface area contributed by atoms with Gasteiger partial charge in [-0.05, 0) is 18.4 Å². The fourth-order valence-corrected chi connectivity index (χ4v) is 1.97. The number of nitrogens with zero attached hydrogens (tertiary/aromatic N) is 1. The largest absolute Gasteiger partial charge is 0.369 e. The Labute approximate surface area is 95.7 Å². The number of aliphatic hydroxyl groups is 1. The van der Waals surface area contributed by atoms with E-state index in [0.29, 0.717) is 18.0 Å². The number of rotatable bonds is 3. The molecule has 1 aromatic carbocycles. The smallest absolute Gasteiger partial charge is 0.256 e. The lowest BCUT2D eigenvalue weighted by Crippen LogP contribution is -2.29. The van der Waals surface area contributed by atoms with Gasteiger partial charge in [-0.15, -0.1) is 0 Å². The first-order valence-electron chi connectivity index (χ1n) is 5.69. The molecular weight excluding hydrogens is 202 g/mol. The molecule has 0 saturated carbocycles. The van der Waals surface area contributed by atoms with Gasteiger partial charge in [0.05, 0.1) is 0 Å². The Morgan fingerprint density at radius 1 is 1.38 bits per heavy atom. The van der Waals surface area contributed by atoms with Crippen LogP contribution in [0.15, 0.2) is 24.3 Å². The molecule has 2 rings (SSSR count). The van der Waals surface area contributed by atoms with E-state index in [0.717, 1.165) is 12.0 Å². The third-order valence-electron chi connectivity index (χ3n) is 2.97. The molecule has 1 amide bonds. The quantitative estimate of drug-likeness (QED) is 0.846. The van der Waals surface area contributed by atoms with E-state index in [1.165, 1.54) is 0 Å². The highest BCUT2D eigenvalue weighted by atomic mass is 16.3. The van der Waals surface area contributed by atoms with E-state index in [9.17, 15) is 9.90 Å². The lowest BCUT2D eigenvalue weighted by atomic mass is 10.1. The molecule has 1 heterocycles. The molecular formula is C13H17NO2. The fraction of sp³-hybridized carbons (Fsp3) is 0.462. The second kappa shape index (κ2) is 4.26. The van der Waals surface area contributed by atoms with Crippen molar-refractivity contribution in [2.75, 3.05) is 6.54 Å². The highest BCUT2D eigenvalue weighted by Crippen LogP contribution is 2.31. The third kappa shape index (κ3) is 1.83. The summed E-state index contributed by atoms with van der Waals surface area (Å²) in [7, 11) is 0. The van der Waals surface area contributed by atoms with E-state index in [1.807, 2.05) is 18.2 Å². The van der Waals surface area contributed by atoms with Crippen LogP contribution in [-0.4, -0.2) is 22.5 Å². The predicted octanol–water partition coefficient (Wildman–Crippen LogP) is 2.18. The van der Waals surface area contributed by atoms with Gasteiger partial charge in [0.1, 0.15) is 0 Å².